The van der Waals surface area contributed by atoms with Crippen molar-refractivity contribution in [1.82, 2.24) is 4.98 Å². The van der Waals surface area contributed by atoms with Gasteiger partial charge in [0.05, 0.1) is 4.83 Å². The molecule has 1 unspecified atom stereocenters. The van der Waals surface area contributed by atoms with Crippen LogP contribution in [0.25, 0.3) is 0 Å². The number of aromatic nitrogens is 1. The second-order valence-corrected chi connectivity index (χ2v) is 5.68. The van der Waals surface area contributed by atoms with Crippen molar-refractivity contribution >= 4 is 27.7 Å². The first-order valence-electron chi connectivity index (χ1n) is 5.55. The number of nitrogens with zero attached hydrogens (tertiary/aromatic N) is 1. The van der Waals surface area contributed by atoms with E-state index in [0.717, 1.165) is 12.3 Å². The van der Waals surface area contributed by atoms with Gasteiger partial charge in [-0.1, -0.05) is 22.0 Å². The maximum Gasteiger partial charge on any atom is 0.239 e. The minimum absolute atomic E-state index is 0.0672. The van der Waals surface area contributed by atoms with Gasteiger partial charge >= 0.3 is 0 Å². The molecule has 0 aliphatic heterocycles. The number of nitrogens with one attached hydrogen (secondary N) is 1. The molecule has 2 rings (SSSR count). The Morgan fingerprint density at radius 1 is 1.62 bits per heavy atom. The van der Waals surface area contributed by atoms with Gasteiger partial charge in [0, 0.05) is 6.20 Å². The number of hydrogen-bond acceptors (Lipinski definition) is 2. The van der Waals surface area contributed by atoms with Crippen LogP contribution >= 0.6 is 15.9 Å². The van der Waals surface area contributed by atoms with Crippen LogP contribution in [0.5, 0.6) is 0 Å². The average molecular weight is 283 g/mol. The lowest BCUT2D eigenvalue weighted by Gasteiger charge is -2.06. The van der Waals surface area contributed by atoms with Crippen molar-refractivity contribution in [3.8, 4) is 0 Å². The summed E-state index contributed by atoms with van der Waals surface area (Å²) in [6.07, 6.45) is 5.67. The van der Waals surface area contributed by atoms with Crippen LogP contribution in [0.15, 0.2) is 18.3 Å². The van der Waals surface area contributed by atoms with Crippen LogP contribution in [0.1, 0.15) is 25.3 Å². The Kier molecular flexibility index (Phi) is 3.59. The first-order valence-corrected chi connectivity index (χ1v) is 6.46. The summed E-state index contributed by atoms with van der Waals surface area (Å²) in [7, 11) is 0. The van der Waals surface area contributed by atoms with E-state index in [1.165, 1.54) is 18.4 Å². The van der Waals surface area contributed by atoms with Crippen LogP contribution in [0, 0.1) is 5.92 Å². The Labute approximate surface area is 104 Å². The molecule has 1 aromatic rings. The Morgan fingerprint density at radius 3 is 2.88 bits per heavy atom. The number of anilines is 1. The molecule has 1 heterocycles. The molecule has 0 saturated heterocycles. The van der Waals surface area contributed by atoms with Gasteiger partial charge in [-0.25, -0.2) is 4.98 Å². The van der Waals surface area contributed by atoms with Crippen LogP contribution in [0.3, 0.4) is 0 Å². The van der Waals surface area contributed by atoms with Crippen LogP contribution in [-0.4, -0.2) is 15.7 Å². The second kappa shape index (κ2) is 4.95. The minimum Gasteiger partial charge on any atom is -0.310 e. The number of pyridine rings is 1. The molecule has 1 fully saturated rings. The van der Waals surface area contributed by atoms with Gasteiger partial charge in [-0.05, 0) is 43.7 Å². The van der Waals surface area contributed by atoms with E-state index >= 15 is 0 Å². The normalized spacial score (nSPS) is 16.9. The molecule has 1 amide bonds. The fourth-order valence-electron chi connectivity index (χ4n) is 1.50. The Bertz CT molecular complexity index is 371. The number of carbonyl (C=O) groups is 1. The van der Waals surface area contributed by atoms with Crippen molar-refractivity contribution in [3.05, 3.63) is 23.9 Å². The third kappa shape index (κ3) is 3.30. The summed E-state index contributed by atoms with van der Waals surface area (Å²) in [5.41, 5.74) is 1.26. The summed E-state index contributed by atoms with van der Waals surface area (Å²) < 4.78 is 0. The van der Waals surface area contributed by atoms with E-state index in [-0.39, 0.29) is 10.7 Å². The molecule has 4 heteroatoms. The van der Waals surface area contributed by atoms with Crippen LogP contribution in [0.2, 0.25) is 0 Å². The van der Waals surface area contributed by atoms with Gasteiger partial charge in [-0.3, -0.25) is 4.79 Å². The predicted octanol–water partition coefficient (Wildman–Crippen LogP) is 2.76. The smallest absolute Gasteiger partial charge is 0.239 e. The Balaban J connectivity index is 1.93. The highest BCUT2D eigenvalue weighted by molar-refractivity contribution is 9.10. The van der Waals surface area contributed by atoms with Crippen molar-refractivity contribution in [2.45, 2.75) is 31.0 Å². The highest BCUT2D eigenvalue weighted by Crippen LogP contribution is 2.32. The zero-order valence-electron chi connectivity index (χ0n) is 9.24. The standard InChI is InChI=1S/C12H15BrN2O/c1-8(13)12(16)15-11-5-4-10(7-14-11)6-9-2-3-9/h4-5,7-9H,2-3,6H2,1H3,(H,14,15,16). The fourth-order valence-corrected chi connectivity index (χ4v) is 1.61. The van der Waals surface area contributed by atoms with Gasteiger partial charge in [0.25, 0.3) is 0 Å². The van der Waals surface area contributed by atoms with E-state index in [4.69, 9.17) is 0 Å². The molecule has 1 aliphatic carbocycles. The number of halogens is 1. The highest BCUT2D eigenvalue weighted by atomic mass is 79.9. The van der Waals surface area contributed by atoms with Crippen LogP contribution in [0.4, 0.5) is 5.82 Å². The molecule has 1 aliphatic rings. The first-order chi connectivity index (χ1) is 7.65. The maximum atomic E-state index is 11.4. The van der Waals surface area contributed by atoms with Crippen LogP contribution in [-0.2, 0) is 11.2 Å². The molecule has 0 spiro atoms. The lowest BCUT2D eigenvalue weighted by Crippen LogP contribution is -2.20. The van der Waals surface area contributed by atoms with E-state index in [2.05, 4.69) is 26.2 Å². The van der Waals surface area contributed by atoms with Gasteiger partial charge in [0.15, 0.2) is 0 Å². The van der Waals surface area contributed by atoms with E-state index in [0.29, 0.717) is 5.82 Å². The van der Waals surface area contributed by atoms with Crippen molar-refractivity contribution in [2.24, 2.45) is 5.92 Å². The summed E-state index contributed by atoms with van der Waals surface area (Å²) in [5, 5.41) is 2.74. The summed E-state index contributed by atoms with van der Waals surface area (Å²) in [5.74, 6) is 1.42. The van der Waals surface area contributed by atoms with E-state index in [1.807, 2.05) is 18.3 Å². The monoisotopic (exact) mass is 282 g/mol. The van der Waals surface area contributed by atoms with Crippen molar-refractivity contribution in [3.63, 3.8) is 0 Å². The zero-order chi connectivity index (χ0) is 11.5. The average Bonchev–Trinajstić information content (AvgIpc) is 3.04. The van der Waals surface area contributed by atoms with Crippen molar-refractivity contribution in [2.75, 3.05) is 5.32 Å². The molecular formula is C12H15BrN2O. The molecule has 0 radical (unpaired) electrons. The van der Waals surface area contributed by atoms with E-state index in [1.54, 1.807) is 6.92 Å². The predicted molar refractivity (Wildman–Crippen MR) is 67.7 cm³/mol. The molecule has 0 bridgehead atoms. The molecule has 3 nitrogen and oxygen atoms in total. The molecule has 0 aromatic carbocycles. The molecule has 1 N–H and O–H groups in total. The zero-order valence-corrected chi connectivity index (χ0v) is 10.8. The largest absolute Gasteiger partial charge is 0.310 e. The molecular weight excluding hydrogens is 268 g/mol. The van der Waals surface area contributed by atoms with Crippen molar-refractivity contribution < 1.29 is 4.79 Å². The Hall–Kier alpha value is -0.900. The molecule has 16 heavy (non-hydrogen) atoms. The lowest BCUT2D eigenvalue weighted by atomic mass is 10.1. The molecule has 86 valence electrons. The number of hydrogen-bond donors (Lipinski definition) is 1. The summed E-state index contributed by atoms with van der Waals surface area (Å²) >= 11 is 3.21. The lowest BCUT2D eigenvalue weighted by molar-refractivity contribution is -0.115. The molecule has 1 aromatic heterocycles. The van der Waals surface area contributed by atoms with Gasteiger partial charge in [-0.15, -0.1) is 0 Å². The minimum atomic E-state index is -0.194. The summed E-state index contributed by atoms with van der Waals surface area (Å²) in [4.78, 5) is 15.4. The number of amides is 1. The Morgan fingerprint density at radius 2 is 2.38 bits per heavy atom. The van der Waals surface area contributed by atoms with E-state index < -0.39 is 0 Å². The van der Waals surface area contributed by atoms with Gasteiger partial charge in [0.1, 0.15) is 5.82 Å². The van der Waals surface area contributed by atoms with Gasteiger partial charge in [0.2, 0.25) is 5.91 Å². The molecule has 1 atom stereocenters. The van der Waals surface area contributed by atoms with E-state index in [9.17, 15) is 4.79 Å². The highest BCUT2D eigenvalue weighted by Gasteiger charge is 2.21. The first kappa shape index (κ1) is 11.6. The quantitative estimate of drug-likeness (QED) is 0.863. The van der Waals surface area contributed by atoms with Crippen LogP contribution < -0.4 is 5.32 Å². The third-order valence-corrected chi connectivity index (χ3v) is 3.07. The molecule has 1 saturated carbocycles. The number of alkyl halides is 1. The number of carbonyl (C=O) groups excluding carboxylic acids is 1. The number of rotatable bonds is 4. The SMILES string of the molecule is CC(Br)C(=O)Nc1ccc(CC2CC2)cn1. The topological polar surface area (TPSA) is 42.0 Å². The summed E-state index contributed by atoms with van der Waals surface area (Å²) in [6.45, 7) is 1.79. The van der Waals surface area contributed by atoms with Gasteiger partial charge in [-0.2, -0.15) is 0 Å². The third-order valence-electron chi connectivity index (χ3n) is 2.66. The fraction of sp³-hybridized carbons (Fsp3) is 0.500. The van der Waals surface area contributed by atoms with Gasteiger partial charge < -0.3 is 5.32 Å². The second-order valence-electron chi connectivity index (χ2n) is 4.30. The summed E-state index contributed by atoms with van der Waals surface area (Å²) in [6, 6.07) is 3.91. The maximum absolute atomic E-state index is 11.4. The van der Waals surface area contributed by atoms with Crippen molar-refractivity contribution in [1.29, 1.82) is 0 Å².